The van der Waals surface area contributed by atoms with Crippen molar-refractivity contribution < 1.29 is 5.21 Å². The summed E-state index contributed by atoms with van der Waals surface area (Å²) in [5.41, 5.74) is 5.48. The highest BCUT2D eigenvalue weighted by Crippen LogP contribution is 2.18. The zero-order valence-corrected chi connectivity index (χ0v) is 8.24. The van der Waals surface area contributed by atoms with Crippen LogP contribution in [0.2, 0.25) is 0 Å². The molecule has 1 saturated heterocycles. The van der Waals surface area contributed by atoms with Crippen molar-refractivity contribution in [3.05, 3.63) is 0 Å². The molecule has 0 radical (unpaired) electrons. The molecule has 0 aromatic carbocycles. The molecule has 0 amide bonds. The van der Waals surface area contributed by atoms with Crippen LogP contribution < -0.4 is 5.73 Å². The lowest BCUT2D eigenvalue weighted by atomic mass is 10.0. The van der Waals surface area contributed by atoms with Gasteiger partial charge in [-0.1, -0.05) is 18.5 Å². The van der Waals surface area contributed by atoms with E-state index in [-0.39, 0.29) is 0 Å². The summed E-state index contributed by atoms with van der Waals surface area (Å²) in [5, 5.41) is 11.5. The van der Waals surface area contributed by atoms with Gasteiger partial charge in [0.1, 0.15) is 0 Å². The number of nitrogens with zero attached hydrogens (tertiary/aromatic N) is 2. The van der Waals surface area contributed by atoms with Crippen LogP contribution in [0.4, 0.5) is 0 Å². The average Bonchev–Trinajstić information content (AvgIpc) is 2.18. The Bertz CT molecular complexity index is 182. The highest BCUT2D eigenvalue weighted by molar-refractivity contribution is 5.81. The van der Waals surface area contributed by atoms with E-state index in [1.165, 1.54) is 19.3 Å². The van der Waals surface area contributed by atoms with Crippen molar-refractivity contribution in [3.63, 3.8) is 0 Å². The van der Waals surface area contributed by atoms with Gasteiger partial charge in [-0.3, -0.25) is 4.90 Å². The van der Waals surface area contributed by atoms with E-state index in [9.17, 15) is 0 Å². The summed E-state index contributed by atoms with van der Waals surface area (Å²) in [4.78, 5) is 2.30. The first-order chi connectivity index (χ1) is 6.27. The molecular weight excluding hydrogens is 166 g/mol. The zero-order chi connectivity index (χ0) is 9.68. The zero-order valence-electron chi connectivity index (χ0n) is 8.24. The van der Waals surface area contributed by atoms with Crippen LogP contribution in [0.3, 0.4) is 0 Å². The first kappa shape index (κ1) is 10.3. The maximum atomic E-state index is 8.46. The molecule has 0 aromatic rings. The van der Waals surface area contributed by atoms with E-state index in [4.69, 9.17) is 10.9 Å². The monoisotopic (exact) mass is 185 g/mol. The Hall–Kier alpha value is -0.770. The van der Waals surface area contributed by atoms with Gasteiger partial charge in [-0.05, 0) is 25.8 Å². The quantitative estimate of drug-likeness (QED) is 0.298. The summed E-state index contributed by atoms with van der Waals surface area (Å²) in [5.74, 6) is 0.320. The summed E-state index contributed by atoms with van der Waals surface area (Å²) in [6.07, 6.45) is 4.94. The minimum Gasteiger partial charge on any atom is -0.409 e. The molecule has 13 heavy (non-hydrogen) atoms. The Morgan fingerprint density at radius 3 is 3.00 bits per heavy atom. The molecule has 1 unspecified atom stereocenters. The van der Waals surface area contributed by atoms with Crippen LogP contribution in [0, 0.1) is 0 Å². The maximum absolute atomic E-state index is 8.46. The van der Waals surface area contributed by atoms with Crippen molar-refractivity contribution in [3.8, 4) is 0 Å². The standard InChI is InChI=1S/C9H19N3O/c1-2-8-5-3-4-6-12(8)7-9(10)11-13/h8,13H,2-7H2,1H3,(H2,10,11). The molecule has 0 bridgehead atoms. The molecule has 4 nitrogen and oxygen atoms in total. The summed E-state index contributed by atoms with van der Waals surface area (Å²) < 4.78 is 0. The number of piperidine rings is 1. The van der Waals surface area contributed by atoms with Gasteiger partial charge in [-0.15, -0.1) is 0 Å². The number of likely N-dealkylation sites (tertiary alicyclic amines) is 1. The van der Waals surface area contributed by atoms with E-state index in [2.05, 4.69) is 17.0 Å². The third-order valence-corrected chi connectivity index (χ3v) is 2.71. The first-order valence-corrected chi connectivity index (χ1v) is 4.98. The minimum atomic E-state index is 0.320. The molecule has 1 aliphatic heterocycles. The van der Waals surface area contributed by atoms with Gasteiger partial charge >= 0.3 is 0 Å². The second-order valence-corrected chi connectivity index (χ2v) is 3.62. The average molecular weight is 185 g/mol. The van der Waals surface area contributed by atoms with E-state index in [1.807, 2.05) is 0 Å². The topological polar surface area (TPSA) is 61.8 Å². The second kappa shape index (κ2) is 5.07. The maximum Gasteiger partial charge on any atom is 0.153 e. The molecule has 0 aliphatic carbocycles. The van der Waals surface area contributed by atoms with Gasteiger partial charge in [-0.25, -0.2) is 0 Å². The van der Waals surface area contributed by atoms with Crippen LogP contribution in [0.5, 0.6) is 0 Å². The number of hydrogen-bond donors (Lipinski definition) is 2. The van der Waals surface area contributed by atoms with Crippen molar-refractivity contribution in [2.75, 3.05) is 13.1 Å². The molecule has 1 aliphatic rings. The molecule has 3 N–H and O–H groups in total. The van der Waals surface area contributed by atoms with Gasteiger partial charge in [0.2, 0.25) is 0 Å². The lowest BCUT2D eigenvalue weighted by Crippen LogP contribution is -2.44. The lowest BCUT2D eigenvalue weighted by molar-refractivity contribution is 0.164. The van der Waals surface area contributed by atoms with E-state index >= 15 is 0 Å². The molecule has 0 spiro atoms. The predicted octanol–water partition coefficient (Wildman–Crippen LogP) is 0.997. The van der Waals surface area contributed by atoms with Gasteiger partial charge in [0, 0.05) is 6.04 Å². The molecular formula is C9H19N3O. The van der Waals surface area contributed by atoms with E-state index in [0.717, 1.165) is 13.0 Å². The Morgan fingerprint density at radius 2 is 2.38 bits per heavy atom. The Kier molecular flexibility index (Phi) is 4.02. The van der Waals surface area contributed by atoms with Crippen LogP contribution in [0.1, 0.15) is 32.6 Å². The molecule has 0 saturated carbocycles. The van der Waals surface area contributed by atoms with Crippen molar-refractivity contribution in [1.29, 1.82) is 0 Å². The Balaban J connectivity index is 2.45. The SMILES string of the molecule is CCC1CCCCN1C/C(N)=N/O. The molecule has 1 rings (SSSR count). The fourth-order valence-electron chi connectivity index (χ4n) is 1.97. The third kappa shape index (κ3) is 2.88. The number of nitrogens with two attached hydrogens (primary N) is 1. The molecule has 1 heterocycles. The number of amidine groups is 1. The predicted molar refractivity (Wildman–Crippen MR) is 52.9 cm³/mol. The normalized spacial score (nSPS) is 26.2. The van der Waals surface area contributed by atoms with E-state index < -0.39 is 0 Å². The number of rotatable bonds is 3. The van der Waals surface area contributed by atoms with Gasteiger partial charge in [0.05, 0.1) is 6.54 Å². The minimum absolute atomic E-state index is 0.320. The molecule has 0 aromatic heterocycles. The summed E-state index contributed by atoms with van der Waals surface area (Å²) in [6.45, 7) is 3.87. The Labute approximate surface area is 79.4 Å². The summed E-state index contributed by atoms with van der Waals surface area (Å²) >= 11 is 0. The molecule has 1 fully saturated rings. The van der Waals surface area contributed by atoms with Crippen molar-refractivity contribution >= 4 is 5.84 Å². The molecule has 4 heteroatoms. The van der Waals surface area contributed by atoms with Gasteiger partial charge in [0.25, 0.3) is 0 Å². The second-order valence-electron chi connectivity index (χ2n) is 3.62. The van der Waals surface area contributed by atoms with Crippen LogP contribution in [0.15, 0.2) is 5.16 Å². The van der Waals surface area contributed by atoms with E-state index in [0.29, 0.717) is 18.4 Å². The van der Waals surface area contributed by atoms with Crippen molar-refractivity contribution in [1.82, 2.24) is 4.90 Å². The van der Waals surface area contributed by atoms with Gasteiger partial charge in [0.15, 0.2) is 5.84 Å². The highest BCUT2D eigenvalue weighted by atomic mass is 16.4. The van der Waals surface area contributed by atoms with Crippen LogP contribution in [0.25, 0.3) is 0 Å². The lowest BCUT2D eigenvalue weighted by Gasteiger charge is -2.34. The third-order valence-electron chi connectivity index (χ3n) is 2.71. The largest absolute Gasteiger partial charge is 0.409 e. The first-order valence-electron chi connectivity index (χ1n) is 4.98. The van der Waals surface area contributed by atoms with Crippen molar-refractivity contribution in [2.45, 2.75) is 38.6 Å². The molecule has 1 atom stereocenters. The summed E-state index contributed by atoms with van der Waals surface area (Å²) in [7, 11) is 0. The fraction of sp³-hybridized carbons (Fsp3) is 0.889. The van der Waals surface area contributed by atoms with Crippen LogP contribution in [-0.2, 0) is 0 Å². The van der Waals surface area contributed by atoms with Gasteiger partial charge < -0.3 is 10.9 Å². The van der Waals surface area contributed by atoms with Gasteiger partial charge in [-0.2, -0.15) is 0 Å². The molecule has 76 valence electrons. The number of hydrogen-bond acceptors (Lipinski definition) is 3. The highest BCUT2D eigenvalue weighted by Gasteiger charge is 2.21. The Morgan fingerprint density at radius 1 is 1.62 bits per heavy atom. The fourth-order valence-corrected chi connectivity index (χ4v) is 1.97. The van der Waals surface area contributed by atoms with Crippen molar-refractivity contribution in [2.24, 2.45) is 10.9 Å². The smallest absolute Gasteiger partial charge is 0.153 e. The van der Waals surface area contributed by atoms with E-state index in [1.54, 1.807) is 0 Å². The number of oxime groups is 1. The van der Waals surface area contributed by atoms with Crippen LogP contribution in [-0.4, -0.2) is 35.1 Å². The van der Waals surface area contributed by atoms with Crippen LogP contribution >= 0.6 is 0 Å². The summed E-state index contributed by atoms with van der Waals surface area (Å²) in [6, 6.07) is 0.619.